The molecule has 1 saturated heterocycles. The van der Waals surface area contributed by atoms with Crippen molar-refractivity contribution in [3.63, 3.8) is 0 Å². The Morgan fingerprint density at radius 2 is 2.13 bits per heavy atom. The molecule has 80 valence electrons. The topological polar surface area (TPSA) is 35.5 Å². The molecule has 2 unspecified atom stereocenters. The number of alkyl halides is 1. The fraction of sp³-hybridized carbons (Fsp3) is 0.364. The minimum Gasteiger partial charge on any atom is -0.435 e. The number of carbonyl (C=O) groups excluding carboxylic acids is 1. The highest BCUT2D eigenvalue weighted by atomic mass is 35.5. The Bertz CT molecular complexity index is 339. The van der Waals surface area contributed by atoms with Crippen LogP contribution in [0, 0.1) is 0 Å². The van der Waals surface area contributed by atoms with Gasteiger partial charge in [0.15, 0.2) is 0 Å². The second-order valence-corrected chi connectivity index (χ2v) is 3.89. The van der Waals surface area contributed by atoms with Gasteiger partial charge in [0.1, 0.15) is 5.38 Å². The van der Waals surface area contributed by atoms with Gasteiger partial charge in [0.25, 0.3) is 0 Å². The Hall–Kier alpha value is -1.06. The van der Waals surface area contributed by atoms with Crippen LogP contribution in [-0.4, -0.2) is 17.6 Å². The minimum absolute atomic E-state index is 0.394. The van der Waals surface area contributed by atoms with E-state index in [1.165, 1.54) is 0 Å². The van der Waals surface area contributed by atoms with Crippen LogP contribution in [0.25, 0.3) is 0 Å². The number of halogens is 1. The number of rotatable bonds is 3. The molecule has 1 aromatic carbocycles. The second-order valence-electron chi connectivity index (χ2n) is 3.37. The smallest absolute Gasteiger partial charge is 0.326 e. The monoisotopic (exact) mass is 226 g/mol. The van der Waals surface area contributed by atoms with E-state index in [0.29, 0.717) is 13.0 Å². The van der Waals surface area contributed by atoms with Crippen molar-refractivity contribution >= 4 is 17.6 Å². The number of cyclic esters (lactones) is 1. The van der Waals surface area contributed by atoms with Crippen LogP contribution in [0.2, 0.25) is 0 Å². The summed E-state index contributed by atoms with van der Waals surface area (Å²) in [6.07, 6.45) is -0.0760. The number of hydrogen-bond donors (Lipinski definition) is 0. The summed E-state index contributed by atoms with van der Waals surface area (Å²) in [6.45, 7) is 0.433. The molecule has 0 N–H and O–H groups in total. The molecular formula is C11H11ClO3. The zero-order valence-corrected chi connectivity index (χ0v) is 8.81. The maximum absolute atomic E-state index is 11.0. The van der Waals surface area contributed by atoms with E-state index >= 15 is 0 Å². The molecule has 0 aromatic heterocycles. The Kier molecular flexibility index (Phi) is 3.23. The van der Waals surface area contributed by atoms with Crippen LogP contribution in [-0.2, 0) is 20.9 Å². The van der Waals surface area contributed by atoms with Crippen LogP contribution < -0.4 is 0 Å². The van der Waals surface area contributed by atoms with Crippen LogP contribution in [0.1, 0.15) is 12.0 Å². The fourth-order valence-electron chi connectivity index (χ4n) is 1.38. The summed E-state index contributed by atoms with van der Waals surface area (Å²) in [7, 11) is 0. The van der Waals surface area contributed by atoms with Gasteiger partial charge in [-0.05, 0) is 5.56 Å². The molecule has 1 aromatic rings. The summed E-state index contributed by atoms with van der Waals surface area (Å²) in [5.41, 5.74) is 1.05. The van der Waals surface area contributed by atoms with Gasteiger partial charge >= 0.3 is 5.97 Å². The molecule has 3 nitrogen and oxygen atoms in total. The van der Waals surface area contributed by atoms with Gasteiger partial charge < -0.3 is 9.47 Å². The predicted octanol–water partition coefficient (Wildman–Crippen LogP) is 2.08. The predicted molar refractivity (Wildman–Crippen MR) is 55.4 cm³/mol. The average Bonchev–Trinajstić information content (AvgIpc) is 2.57. The van der Waals surface area contributed by atoms with E-state index in [1.807, 2.05) is 30.3 Å². The largest absolute Gasteiger partial charge is 0.435 e. The number of ether oxygens (including phenoxy) is 2. The van der Waals surface area contributed by atoms with E-state index in [1.54, 1.807) is 0 Å². The maximum Gasteiger partial charge on any atom is 0.326 e. The number of hydrogen-bond acceptors (Lipinski definition) is 3. The van der Waals surface area contributed by atoms with Gasteiger partial charge in [0.2, 0.25) is 6.29 Å². The van der Waals surface area contributed by atoms with E-state index in [-0.39, 0.29) is 0 Å². The molecule has 2 atom stereocenters. The van der Waals surface area contributed by atoms with E-state index in [0.717, 1.165) is 5.56 Å². The molecule has 15 heavy (non-hydrogen) atoms. The first-order valence-corrected chi connectivity index (χ1v) is 5.19. The molecule has 1 aliphatic rings. The lowest BCUT2D eigenvalue weighted by Crippen LogP contribution is -2.11. The van der Waals surface area contributed by atoms with Crippen LogP contribution in [0.3, 0.4) is 0 Å². The molecule has 0 amide bonds. The molecule has 0 saturated carbocycles. The maximum atomic E-state index is 11.0. The van der Waals surface area contributed by atoms with E-state index < -0.39 is 17.6 Å². The lowest BCUT2D eigenvalue weighted by Gasteiger charge is -2.09. The SMILES string of the molecule is O=C1OC(OCc2ccccc2)CC1Cl. The van der Waals surface area contributed by atoms with Crippen molar-refractivity contribution in [1.29, 1.82) is 0 Å². The minimum atomic E-state index is -0.564. The van der Waals surface area contributed by atoms with Gasteiger partial charge in [-0.25, -0.2) is 0 Å². The summed E-state index contributed by atoms with van der Waals surface area (Å²) in [5.74, 6) is -0.394. The van der Waals surface area contributed by atoms with Crippen molar-refractivity contribution < 1.29 is 14.3 Å². The summed E-state index contributed by atoms with van der Waals surface area (Å²) >= 11 is 5.68. The van der Waals surface area contributed by atoms with Gasteiger partial charge in [-0.3, -0.25) is 4.79 Å². The van der Waals surface area contributed by atoms with E-state index in [2.05, 4.69) is 0 Å². The molecule has 4 heteroatoms. The Balaban J connectivity index is 1.82. The summed E-state index contributed by atoms with van der Waals surface area (Å²) in [4.78, 5) is 11.0. The third-order valence-electron chi connectivity index (χ3n) is 2.18. The van der Waals surface area contributed by atoms with Gasteiger partial charge in [0.05, 0.1) is 6.61 Å². The average molecular weight is 227 g/mol. The van der Waals surface area contributed by atoms with Gasteiger partial charge in [-0.1, -0.05) is 30.3 Å². The quantitative estimate of drug-likeness (QED) is 0.585. The molecular weight excluding hydrogens is 216 g/mol. The molecule has 0 radical (unpaired) electrons. The Morgan fingerprint density at radius 3 is 2.73 bits per heavy atom. The van der Waals surface area contributed by atoms with Crippen molar-refractivity contribution in [2.75, 3.05) is 0 Å². The molecule has 1 aliphatic heterocycles. The molecule has 2 rings (SSSR count). The highest BCUT2D eigenvalue weighted by Crippen LogP contribution is 2.21. The van der Waals surface area contributed by atoms with Gasteiger partial charge in [-0.15, -0.1) is 11.6 Å². The lowest BCUT2D eigenvalue weighted by molar-refractivity contribution is -0.164. The zero-order valence-electron chi connectivity index (χ0n) is 8.06. The first-order valence-electron chi connectivity index (χ1n) is 4.76. The third kappa shape index (κ3) is 2.70. The van der Waals surface area contributed by atoms with E-state index in [9.17, 15) is 4.79 Å². The van der Waals surface area contributed by atoms with Crippen LogP contribution in [0.15, 0.2) is 30.3 Å². The number of benzene rings is 1. The molecule has 0 spiro atoms. The van der Waals surface area contributed by atoms with E-state index in [4.69, 9.17) is 21.1 Å². The first-order chi connectivity index (χ1) is 7.25. The van der Waals surface area contributed by atoms with Crippen LogP contribution in [0.5, 0.6) is 0 Å². The van der Waals surface area contributed by atoms with Gasteiger partial charge in [-0.2, -0.15) is 0 Å². The highest BCUT2D eigenvalue weighted by molar-refractivity contribution is 6.30. The Labute approximate surface area is 92.9 Å². The summed E-state index contributed by atoms with van der Waals surface area (Å²) in [5, 5.41) is -0.564. The van der Waals surface area contributed by atoms with Crippen molar-refractivity contribution in [1.82, 2.24) is 0 Å². The molecule has 1 heterocycles. The highest BCUT2D eigenvalue weighted by Gasteiger charge is 2.33. The van der Waals surface area contributed by atoms with Crippen molar-refractivity contribution in [2.45, 2.75) is 24.7 Å². The van der Waals surface area contributed by atoms with Crippen molar-refractivity contribution in [3.05, 3.63) is 35.9 Å². The Morgan fingerprint density at radius 1 is 1.40 bits per heavy atom. The first kappa shape index (κ1) is 10.5. The number of carbonyl (C=O) groups is 1. The lowest BCUT2D eigenvalue weighted by atomic mass is 10.2. The molecule has 0 bridgehead atoms. The van der Waals surface area contributed by atoms with Crippen molar-refractivity contribution in [2.24, 2.45) is 0 Å². The molecule has 1 fully saturated rings. The van der Waals surface area contributed by atoms with Gasteiger partial charge in [0, 0.05) is 6.42 Å². The third-order valence-corrected chi connectivity index (χ3v) is 2.54. The molecule has 0 aliphatic carbocycles. The van der Waals surface area contributed by atoms with Crippen molar-refractivity contribution in [3.8, 4) is 0 Å². The standard InChI is InChI=1S/C11H11ClO3/c12-9-6-10(15-11(9)13)14-7-8-4-2-1-3-5-8/h1-5,9-10H,6-7H2. The van der Waals surface area contributed by atoms with Crippen LogP contribution in [0.4, 0.5) is 0 Å². The fourth-order valence-corrected chi connectivity index (χ4v) is 1.58. The summed E-state index contributed by atoms with van der Waals surface area (Å²) in [6, 6.07) is 9.71. The van der Waals surface area contributed by atoms with Crippen LogP contribution >= 0.6 is 11.6 Å². The zero-order chi connectivity index (χ0) is 10.7. The number of esters is 1. The summed E-state index contributed by atoms with van der Waals surface area (Å²) < 4.78 is 10.3. The second kappa shape index (κ2) is 4.64. The normalized spacial score (nSPS) is 25.3.